The molecule has 3 amide bonds. The summed E-state index contributed by atoms with van der Waals surface area (Å²) in [4.78, 5) is 41.0. The van der Waals surface area contributed by atoms with Crippen LogP contribution in [0, 0.1) is 11.8 Å². The normalized spacial score (nSPS) is 20.7. The number of likely N-dealkylation sites (tertiary alicyclic amines) is 1. The molecule has 28 heavy (non-hydrogen) atoms. The summed E-state index contributed by atoms with van der Waals surface area (Å²) < 4.78 is 0. The minimum Gasteiger partial charge on any atom is -0.353 e. The van der Waals surface area contributed by atoms with Gasteiger partial charge in [0.2, 0.25) is 17.7 Å². The average molecular weight is 406 g/mol. The van der Waals surface area contributed by atoms with E-state index in [-0.39, 0.29) is 23.8 Å². The SMILES string of the molecule is CC(C)CC(=O)N1CCC(NC(=O)C2CCN(c3ccc(Cl)cc3)C2=O)CC1. The van der Waals surface area contributed by atoms with E-state index in [1.807, 2.05) is 18.7 Å². The van der Waals surface area contributed by atoms with Gasteiger partial charge in [-0.1, -0.05) is 25.4 Å². The maximum atomic E-state index is 12.7. The number of nitrogens with zero attached hydrogens (tertiary/aromatic N) is 2. The van der Waals surface area contributed by atoms with Gasteiger partial charge in [-0.25, -0.2) is 0 Å². The average Bonchev–Trinajstić information content (AvgIpc) is 3.04. The van der Waals surface area contributed by atoms with Crippen molar-refractivity contribution in [1.29, 1.82) is 0 Å². The lowest BCUT2D eigenvalue weighted by atomic mass is 10.0. The molecule has 1 aromatic rings. The quantitative estimate of drug-likeness (QED) is 0.766. The van der Waals surface area contributed by atoms with Crippen LogP contribution in [0.4, 0.5) is 5.69 Å². The van der Waals surface area contributed by atoms with Gasteiger partial charge in [-0.3, -0.25) is 14.4 Å². The summed E-state index contributed by atoms with van der Waals surface area (Å²) in [5.41, 5.74) is 0.765. The van der Waals surface area contributed by atoms with Crippen molar-refractivity contribution in [1.82, 2.24) is 10.2 Å². The zero-order valence-corrected chi connectivity index (χ0v) is 17.2. The van der Waals surface area contributed by atoms with Crippen molar-refractivity contribution >= 4 is 35.0 Å². The van der Waals surface area contributed by atoms with Gasteiger partial charge in [0.05, 0.1) is 0 Å². The first-order valence-electron chi connectivity index (χ1n) is 10.00. The van der Waals surface area contributed by atoms with Gasteiger partial charge >= 0.3 is 0 Å². The Morgan fingerprint density at radius 2 is 1.75 bits per heavy atom. The molecule has 152 valence electrons. The van der Waals surface area contributed by atoms with Crippen molar-refractivity contribution in [3.63, 3.8) is 0 Å². The van der Waals surface area contributed by atoms with Crippen LogP contribution in [0.25, 0.3) is 0 Å². The van der Waals surface area contributed by atoms with Crippen molar-refractivity contribution in [2.24, 2.45) is 11.8 Å². The van der Waals surface area contributed by atoms with Crippen LogP contribution in [-0.2, 0) is 14.4 Å². The van der Waals surface area contributed by atoms with Gasteiger partial charge < -0.3 is 15.1 Å². The van der Waals surface area contributed by atoms with Crippen LogP contribution in [0.5, 0.6) is 0 Å². The maximum Gasteiger partial charge on any atom is 0.239 e. The third kappa shape index (κ3) is 4.85. The molecule has 1 unspecified atom stereocenters. The fraction of sp³-hybridized carbons (Fsp3) is 0.571. The highest BCUT2D eigenvalue weighted by atomic mass is 35.5. The Morgan fingerprint density at radius 3 is 2.36 bits per heavy atom. The van der Waals surface area contributed by atoms with Crippen LogP contribution in [0.3, 0.4) is 0 Å². The van der Waals surface area contributed by atoms with Gasteiger partial charge in [-0.05, 0) is 49.4 Å². The molecule has 6 nitrogen and oxygen atoms in total. The molecule has 1 atom stereocenters. The lowest BCUT2D eigenvalue weighted by Crippen LogP contribution is -2.48. The van der Waals surface area contributed by atoms with E-state index in [1.165, 1.54) is 0 Å². The van der Waals surface area contributed by atoms with E-state index in [0.717, 1.165) is 18.5 Å². The van der Waals surface area contributed by atoms with Crippen LogP contribution in [-0.4, -0.2) is 48.3 Å². The van der Waals surface area contributed by atoms with Crippen molar-refractivity contribution < 1.29 is 14.4 Å². The number of piperidine rings is 1. The van der Waals surface area contributed by atoms with E-state index in [0.29, 0.717) is 43.4 Å². The van der Waals surface area contributed by atoms with Crippen molar-refractivity contribution in [2.45, 2.75) is 45.6 Å². The predicted octanol–water partition coefficient (Wildman–Crippen LogP) is 2.85. The van der Waals surface area contributed by atoms with E-state index >= 15 is 0 Å². The number of rotatable bonds is 5. The number of benzene rings is 1. The standard InChI is InChI=1S/C21H28ClN3O3/c1-14(2)13-19(26)24-10-7-16(8-11-24)23-20(27)18-9-12-25(21(18)28)17-5-3-15(22)4-6-17/h3-6,14,16,18H,7-13H2,1-2H3,(H,23,27). The Labute approximate surface area is 171 Å². The number of halogens is 1. The topological polar surface area (TPSA) is 69.7 Å². The molecular weight excluding hydrogens is 378 g/mol. The molecule has 0 aliphatic carbocycles. The highest BCUT2D eigenvalue weighted by Crippen LogP contribution is 2.27. The fourth-order valence-corrected chi connectivity index (χ4v) is 3.98. The number of anilines is 1. The molecule has 2 heterocycles. The van der Waals surface area contributed by atoms with E-state index in [4.69, 9.17) is 11.6 Å². The number of amides is 3. The third-order valence-corrected chi connectivity index (χ3v) is 5.69. The van der Waals surface area contributed by atoms with Crippen molar-refractivity contribution in [2.75, 3.05) is 24.5 Å². The van der Waals surface area contributed by atoms with E-state index in [1.54, 1.807) is 29.2 Å². The smallest absolute Gasteiger partial charge is 0.239 e. The number of carbonyl (C=O) groups is 3. The zero-order chi connectivity index (χ0) is 20.3. The molecule has 0 spiro atoms. The lowest BCUT2D eigenvalue weighted by Gasteiger charge is -2.33. The summed E-state index contributed by atoms with van der Waals surface area (Å²) in [6, 6.07) is 7.10. The number of hydrogen-bond donors (Lipinski definition) is 1. The summed E-state index contributed by atoms with van der Waals surface area (Å²) in [5.74, 6) is -0.472. The monoisotopic (exact) mass is 405 g/mol. The second-order valence-electron chi connectivity index (χ2n) is 8.07. The second kappa shape index (κ2) is 8.95. The van der Waals surface area contributed by atoms with Crippen molar-refractivity contribution in [3.05, 3.63) is 29.3 Å². The highest BCUT2D eigenvalue weighted by Gasteiger charge is 2.38. The first-order chi connectivity index (χ1) is 13.3. The Morgan fingerprint density at radius 1 is 1.11 bits per heavy atom. The minimum absolute atomic E-state index is 0.0213. The Hall–Kier alpha value is -2.08. The first kappa shape index (κ1) is 20.6. The Kier molecular flexibility index (Phi) is 6.60. The van der Waals surface area contributed by atoms with Gasteiger partial charge in [0.15, 0.2) is 0 Å². The molecule has 0 bridgehead atoms. The van der Waals surface area contributed by atoms with Crippen LogP contribution in [0.2, 0.25) is 5.02 Å². The summed E-state index contributed by atoms with van der Waals surface area (Å²) in [6.07, 6.45) is 2.54. The number of hydrogen-bond acceptors (Lipinski definition) is 3. The molecule has 1 N–H and O–H groups in total. The van der Waals surface area contributed by atoms with Gasteiger partial charge in [0.25, 0.3) is 0 Å². The summed E-state index contributed by atoms with van der Waals surface area (Å²) >= 11 is 5.90. The molecule has 0 radical (unpaired) electrons. The molecule has 0 aromatic heterocycles. The highest BCUT2D eigenvalue weighted by molar-refractivity contribution is 6.30. The number of nitrogens with one attached hydrogen (secondary N) is 1. The van der Waals surface area contributed by atoms with Crippen LogP contribution in [0.1, 0.15) is 39.5 Å². The van der Waals surface area contributed by atoms with Gasteiger partial charge in [0.1, 0.15) is 5.92 Å². The van der Waals surface area contributed by atoms with Gasteiger partial charge in [-0.15, -0.1) is 0 Å². The zero-order valence-electron chi connectivity index (χ0n) is 16.5. The van der Waals surface area contributed by atoms with Gasteiger partial charge in [0, 0.05) is 42.8 Å². The third-order valence-electron chi connectivity index (χ3n) is 5.44. The number of carbonyl (C=O) groups excluding carboxylic acids is 3. The molecule has 2 aliphatic rings. The van der Waals surface area contributed by atoms with Crippen molar-refractivity contribution in [3.8, 4) is 0 Å². The molecule has 3 rings (SSSR count). The van der Waals surface area contributed by atoms with E-state index in [9.17, 15) is 14.4 Å². The molecule has 1 aromatic carbocycles. The first-order valence-corrected chi connectivity index (χ1v) is 10.4. The largest absolute Gasteiger partial charge is 0.353 e. The summed E-state index contributed by atoms with van der Waals surface area (Å²) in [5, 5.41) is 3.64. The molecule has 2 saturated heterocycles. The Bertz CT molecular complexity index is 727. The van der Waals surface area contributed by atoms with E-state index < -0.39 is 5.92 Å². The second-order valence-corrected chi connectivity index (χ2v) is 8.51. The molecular formula is C21H28ClN3O3. The molecule has 2 fully saturated rings. The summed E-state index contributed by atoms with van der Waals surface area (Å²) in [6.45, 7) is 5.92. The lowest BCUT2D eigenvalue weighted by molar-refractivity contribution is -0.133. The maximum absolute atomic E-state index is 12.7. The van der Waals surface area contributed by atoms with Crippen LogP contribution >= 0.6 is 11.6 Å². The Balaban J connectivity index is 1.50. The molecule has 7 heteroatoms. The van der Waals surface area contributed by atoms with E-state index in [2.05, 4.69) is 5.32 Å². The van der Waals surface area contributed by atoms with Crippen LogP contribution in [0.15, 0.2) is 24.3 Å². The molecule has 0 saturated carbocycles. The fourth-order valence-electron chi connectivity index (χ4n) is 3.85. The van der Waals surface area contributed by atoms with Gasteiger partial charge in [-0.2, -0.15) is 0 Å². The minimum atomic E-state index is -0.642. The molecule has 2 aliphatic heterocycles. The predicted molar refractivity (Wildman–Crippen MR) is 109 cm³/mol. The van der Waals surface area contributed by atoms with Crippen LogP contribution < -0.4 is 10.2 Å². The summed E-state index contributed by atoms with van der Waals surface area (Å²) in [7, 11) is 0.